The van der Waals surface area contributed by atoms with Crippen molar-refractivity contribution >= 4 is 17.5 Å². The average Bonchev–Trinajstić information content (AvgIpc) is 2.93. The van der Waals surface area contributed by atoms with Gasteiger partial charge in [0.15, 0.2) is 0 Å². The number of amides is 1. The summed E-state index contributed by atoms with van der Waals surface area (Å²) in [7, 11) is 1.88. The van der Waals surface area contributed by atoms with E-state index in [2.05, 4.69) is 10.2 Å². The van der Waals surface area contributed by atoms with Gasteiger partial charge in [0.25, 0.3) is 5.91 Å². The van der Waals surface area contributed by atoms with E-state index >= 15 is 0 Å². The number of rotatable bonds is 2. The van der Waals surface area contributed by atoms with Gasteiger partial charge in [0.2, 0.25) is 0 Å². The first-order chi connectivity index (χ1) is 10.6. The maximum absolute atomic E-state index is 13.9. The molecule has 0 spiro atoms. The number of carbonyl (C=O) groups is 1. The summed E-state index contributed by atoms with van der Waals surface area (Å²) in [6, 6.07) is 4.28. The standard InChI is InChI=1S/C15H16ClFN4O/c1-20-9-18-19-14(20)10-4-3-7-21(8-10)15(22)13-11(16)5-2-6-12(13)17/h2,5-6,9-10H,3-4,7-8H2,1H3/t10-/m0/s1. The molecule has 0 unspecified atom stereocenters. The van der Waals surface area contributed by atoms with Crippen molar-refractivity contribution in [2.45, 2.75) is 18.8 Å². The molecule has 2 aromatic rings. The van der Waals surface area contributed by atoms with Crippen molar-refractivity contribution in [2.75, 3.05) is 13.1 Å². The lowest BCUT2D eigenvalue weighted by atomic mass is 9.96. The molecule has 1 aliphatic heterocycles. The van der Waals surface area contributed by atoms with Gasteiger partial charge in [0, 0.05) is 26.1 Å². The second-order valence-electron chi connectivity index (χ2n) is 5.49. The van der Waals surface area contributed by atoms with E-state index in [4.69, 9.17) is 11.6 Å². The van der Waals surface area contributed by atoms with Crippen LogP contribution in [0, 0.1) is 5.82 Å². The number of halogens is 2. The van der Waals surface area contributed by atoms with Crippen LogP contribution in [-0.4, -0.2) is 38.7 Å². The Morgan fingerprint density at radius 1 is 1.45 bits per heavy atom. The smallest absolute Gasteiger partial charge is 0.258 e. The van der Waals surface area contributed by atoms with Crippen LogP contribution in [0.2, 0.25) is 5.02 Å². The minimum absolute atomic E-state index is 0.0530. The van der Waals surface area contributed by atoms with Gasteiger partial charge in [-0.05, 0) is 25.0 Å². The molecular formula is C15H16ClFN4O. The molecule has 0 radical (unpaired) electrons. The number of aryl methyl sites for hydroxylation is 1. The topological polar surface area (TPSA) is 51.0 Å². The number of hydrogen-bond donors (Lipinski definition) is 0. The van der Waals surface area contributed by atoms with Crippen LogP contribution in [0.25, 0.3) is 0 Å². The highest BCUT2D eigenvalue weighted by molar-refractivity contribution is 6.33. The molecule has 1 atom stereocenters. The Balaban J connectivity index is 1.83. The Kier molecular flexibility index (Phi) is 4.11. The molecular weight excluding hydrogens is 307 g/mol. The lowest BCUT2D eigenvalue weighted by Crippen LogP contribution is -2.40. The first-order valence-electron chi connectivity index (χ1n) is 7.15. The maximum Gasteiger partial charge on any atom is 0.258 e. The molecule has 1 amide bonds. The van der Waals surface area contributed by atoms with Crippen molar-refractivity contribution in [3.05, 3.63) is 46.8 Å². The van der Waals surface area contributed by atoms with Gasteiger partial charge < -0.3 is 9.47 Å². The van der Waals surface area contributed by atoms with Crippen LogP contribution in [0.5, 0.6) is 0 Å². The van der Waals surface area contributed by atoms with Crippen LogP contribution in [0.3, 0.4) is 0 Å². The van der Waals surface area contributed by atoms with Crippen LogP contribution < -0.4 is 0 Å². The van der Waals surface area contributed by atoms with Crippen LogP contribution >= 0.6 is 11.6 Å². The molecule has 1 aromatic heterocycles. The maximum atomic E-state index is 13.9. The summed E-state index contributed by atoms with van der Waals surface area (Å²) >= 11 is 5.99. The molecule has 1 aromatic carbocycles. The SMILES string of the molecule is Cn1cnnc1[C@H]1CCCN(C(=O)c2c(F)cccc2Cl)C1. The van der Waals surface area contributed by atoms with E-state index in [9.17, 15) is 9.18 Å². The lowest BCUT2D eigenvalue weighted by molar-refractivity contribution is 0.0699. The minimum Gasteiger partial charge on any atom is -0.338 e. The van der Waals surface area contributed by atoms with Crippen LogP contribution in [0.15, 0.2) is 24.5 Å². The summed E-state index contributed by atoms with van der Waals surface area (Å²) < 4.78 is 15.8. The lowest BCUT2D eigenvalue weighted by Gasteiger charge is -2.32. The van der Waals surface area contributed by atoms with Crippen LogP contribution in [0.4, 0.5) is 4.39 Å². The first-order valence-corrected chi connectivity index (χ1v) is 7.53. The summed E-state index contributed by atoms with van der Waals surface area (Å²) in [5.41, 5.74) is -0.0530. The van der Waals surface area contributed by atoms with Crippen LogP contribution in [0.1, 0.15) is 34.9 Å². The van der Waals surface area contributed by atoms with E-state index in [1.54, 1.807) is 11.2 Å². The summed E-state index contributed by atoms with van der Waals surface area (Å²) in [5, 5.41) is 8.14. The van der Waals surface area contributed by atoms with Gasteiger partial charge in [0.05, 0.1) is 10.6 Å². The predicted molar refractivity (Wildman–Crippen MR) is 80.3 cm³/mol. The number of carbonyl (C=O) groups excluding carboxylic acids is 1. The average molecular weight is 323 g/mol. The molecule has 0 N–H and O–H groups in total. The number of piperidine rings is 1. The number of hydrogen-bond acceptors (Lipinski definition) is 3. The fourth-order valence-corrected chi connectivity index (χ4v) is 3.14. The zero-order chi connectivity index (χ0) is 15.7. The summed E-state index contributed by atoms with van der Waals surface area (Å²) in [5.74, 6) is 0.00105. The monoisotopic (exact) mass is 322 g/mol. The number of likely N-dealkylation sites (tertiary alicyclic amines) is 1. The Labute approximate surface area is 132 Å². The number of nitrogens with zero attached hydrogens (tertiary/aromatic N) is 4. The zero-order valence-corrected chi connectivity index (χ0v) is 12.9. The van der Waals surface area contributed by atoms with E-state index in [0.717, 1.165) is 18.7 Å². The fourth-order valence-electron chi connectivity index (χ4n) is 2.89. The second-order valence-corrected chi connectivity index (χ2v) is 5.89. The van der Waals surface area contributed by atoms with E-state index in [-0.39, 0.29) is 22.4 Å². The third kappa shape index (κ3) is 2.70. The van der Waals surface area contributed by atoms with E-state index in [0.29, 0.717) is 13.1 Å². The normalized spacial score (nSPS) is 18.5. The minimum atomic E-state index is -0.585. The highest BCUT2D eigenvalue weighted by Gasteiger charge is 2.30. The van der Waals surface area contributed by atoms with Gasteiger partial charge in [-0.1, -0.05) is 17.7 Å². The van der Waals surface area contributed by atoms with Gasteiger partial charge in [0.1, 0.15) is 18.0 Å². The molecule has 5 nitrogen and oxygen atoms in total. The molecule has 1 aliphatic rings. The molecule has 1 saturated heterocycles. The van der Waals surface area contributed by atoms with Gasteiger partial charge >= 0.3 is 0 Å². The predicted octanol–water partition coefficient (Wildman–Crippen LogP) is 2.63. The highest BCUT2D eigenvalue weighted by Crippen LogP contribution is 2.28. The Hall–Kier alpha value is -1.95. The Bertz CT molecular complexity index is 682. The Morgan fingerprint density at radius 3 is 2.95 bits per heavy atom. The van der Waals surface area contributed by atoms with Gasteiger partial charge in [-0.2, -0.15) is 0 Å². The van der Waals surface area contributed by atoms with Crippen molar-refractivity contribution in [2.24, 2.45) is 7.05 Å². The third-order valence-corrected chi connectivity index (χ3v) is 4.31. The van der Waals surface area contributed by atoms with Crippen LogP contribution in [-0.2, 0) is 7.05 Å². The quantitative estimate of drug-likeness (QED) is 0.854. The highest BCUT2D eigenvalue weighted by atomic mass is 35.5. The van der Waals surface area contributed by atoms with Crippen molar-refractivity contribution in [3.63, 3.8) is 0 Å². The number of benzene rings is 1. The molecule has 0 aliphatic carbocycles. The summed E-state index contributed by atoms with van der Waals surface area (Å²) in [4.78, 5) is 14.2. The molecule has 0 saturated carbocycles. The Morgan fingerprint density at radius 2 is 2.27 bits per heavy atom. The van der Waals surface area contributed by atoms with Crippen molar-refractivity contribution in [1.29, 1.82) is 0 Å². The summed E-state index contributed by atoms with van der Waals surface area (Å²) in [6.45, 7) is 1.09. The third-order valence-electron chi connectivity index (χ3n) is 4.00. The van der Waals surface area contributed by atoms with E-state index < -0.39 is 5.82 Å². The van der Waals surface area contributed by atoms with Gasteiger partial charge in [-0.25, -0.2) is 4.39 Å². The molecule has 7 heteroatoms. The van der Waals surface area contributed by atoms with Crippen molar-refractivity contribution < 1.29 is 9.18 Å². The second kappa shape index (κ2) is 6.04. The molecule has 2 heterocycles. The molecule has 1 fully saturated rings. The molecule has 22 heavy (non-hydrogen) atoms. The molecule has 116 valence electrons. The summed E-state index contributed by atoms with van der Waals surface area (Å²) in [6.07, 6.45) is 3.42. The van der Waals surface area contributed by atoms with Gasteiger partial charge in [-0.3, -0.25) is 4.79 Å². The molecule has 3 rings (SSSR count). The molecule has 0 bridgehead atoms. The number of aromatic nitrogens is 3. The largest absolute Gasteiger partial charge is 0.338 e. The van der Waals surface area contributed by atoms with Gasteiger partial charge in [-0.15, -0.1) is 10.2 Å². The van der Waals surface area contributed by atoms with Crippen molar-refractivity contribution in [3.8, 4) is 0 Å². The fraction of sp³-hybridized carbons (Fsp3) is 0.400. The first kappa shape index (κ1) is 15.0. The van der Waals surface area contributed by atoms with E-state index in [1.165, 1.54) is 18.2 Å². The van der Waals surface area contributed by atoms with Crippen molar-refractivity contribution in [1.82, 2.24) is 19.7 Å². The zero-order valence-electron chi connectivity index (χ0n) is 12.2. The van der Waals surface area contributed by atoms with E-state index in [1.807, 2.05) is 11.6 Å².